The van der Waals surface area contributed by atoms with Crippen molar-refractivity contribution in [3.05, 3.63) is 74.4 Å². The third kappa shape index (κ3) is 5.99. The summed E-state index contributed by atoms with van der Waals surface area (Å²) in [6.07, 6.45) is 6.06. The second-order valence-electron chi connectivity index (χ2n) is 11.7. The minimum absolute atomic E-state index is 0.00370. The van der Waals surface area contributed by atoms with Crippen LogP contribution in [0.2, 0.25) is 5.02 Å². The zero-order chi connectivity index (χ0) is 30.2. The number of amidine groups is 1. The molecule has 1 aliphatic heterocycles. The molecule has 5 rings (SSSR count). The van der Waals surface area contributed by atoms with Crippen LogP contribution in [0.15, 0.2) is 67.6 Å². The molecule has 1 atom stereocenters. The van der Waals surface area contributed by atoms with Crippen LogP contribution < -0.4 is 16.0 Å². The first kappa shape index (κ1) is 30.3. The Labute approximate surface area is 255 Å². The van der Waals surface area contributed by atoms with Crippen molar-refractivity contribution in [2.75, 3.05) is 20.2 Å². The van der Waals surface area contributed by atoms with Crippen molar-refractivity contribution < 1.29 is 9.84 Å². The minimum Gasteiger partial charge on any atom is -0.497 e. The van der Waals surface area contributed by atoms with Gasteiger partial charge in [0.05, 0.1) is 47.7 Å². The summed E-state index contributed by atoms with van der Waals surface area (Å²) in [7, 11) is 1.68. The van der Waals surface area contributed by atoms with Crippen LogP contribution in [0.4, 0.5) is 0 Å². The van der Waals surface area contributed by atoms with Gasteiger partial charge in [-0.1, -0.05) is 29.4 Å². The maximum atomic E-state index is 13.2. The molecule has 0 unspecified atom stereocenters. The zero-order valence-corrected chi connectivity index (χ0v) is 26.0. The summed E-state index contributed by atoms with van der Waals surface area (Å²) in [4.78, 5) is 29.3. The van der Waals surface area contributed by atoms with Gasteiger partial charge in [-0.05, 0) is 87.6 Å². The van der Waals surface area contributed by atoms with Gasteiger partial charge in [0.1, 0.15) is 16.6 Å². The Hall–Kier alpha value is -3.18. The number of halogens is 1. The fourth-order valence-electron chi connectivity index (χ4n) is 5.97. The van der Waals surface area contributed by atoms with E-state index in [0.717, 1.165) is 43.9 Å². The number of benzene rings is 2. The molecule has 2 heterocycles. The van der Waals surface area contributed by atoms with Gasteiger partial charge in [-0.15, -0.1) is 0 Å². The van der Waals surface area contributed by atoms with Crippen LogP contribution in [0.25, 0.3) is 10.9 Å². The van der Waals surface area contributed by atoms with Crippen molar-refractivity contribution in [1.29, 1.82) is 0 Å². The predicted molar refractivity (Wildman–Crippen MR) is 171 cm³/mol. The van der Waals surface area contributed by atoms with Crippen LogP contribution in [0.1, 0.15) is 50.8 Å². The molecular formula is C31H37ClN6O3S. The average Bonchev–Trinajstić information content (AvgIpc) is 3.22. The number of aromatic nitrogens is 2. The van der Waals surface area contributed by atoms with Crippen LogP contribution in [0.5, 0.6) is 5.75 Å². The number of thioether (sulfide) groups is 1. The summed E-state index contributed by atoms with van der Waals surface area (Å²) in [6.45, 7) is 10.8. The number of ether oxygens (including phenoxy) is 1. The van der Waals surface area contributed by atoms with Gasteiger partial charge in [-0.25, -0.2) is 9.98 Å². The number of fused-ring (bicyclic) bond motifs is 2. The highest BCUT2D eigenvalue weighted by Crippen LogP contribution is 2.51. The molecule has 1 aromatic heterocycles. The van der Waals surface area contributed by atoms with E-state index >= 15 is 0 Å². The van der Waals surface area contributed by atoms with Gasteiger partial charge in [0.25, 0.3) is 5.56 Å². The molecule has 3 aromatic rings. The Morgan fingerprint density at radius 1 is 1.33 bits per heavy atom. The maximum absolute atomic E-state index is 13.2. The van der Waals surface area contributed by atoms with E-state index in [1.54, 1.807) is 39.3 Å². The highest BCUT2D eigenvalue weighted by Gasteiger charge is 2.46. The van der Waals surface area contributed by atoms with E-state index in [1.807, 2.05) is 13.0 Å². The third-order valence-corrected chi connectivity index (χ3v) is 9.80. The lowest BCUT2D eigenvalue weighted by Gasteiger charge is -2.42. The summed E-state index contributed by atoms with van der Waals surface area (Å²) in [5.41, 5.74) is 8.48. The lowest BCUT2D eigenvalue weighted by atomic mass is 9.73. The van der Waals surface area contributed by atoms with Crippen LogP contribution in [-0.4, -0.2) is 57.9 Å². The Kier molecular flexibility index (Phi) is 8.53. The monoisotopic (exact) mass is 608 g/mol. The highest BCUT2D eigenvalue weighted by molar-refractivity contribution is 8.03. The first-order chi connectivity index (χ1) is 19.9. The molecule has 1 spiro atoms. The number of nitrogens with two attached hydrogens (primary N) is 1. The quantitative estimate of drug-likeness (QED) is 0.216. The van der Waals surface area contributed by atoms with Gasteiger partial charge in [0.15, 0.2) is 0 Å². The Bertz CT molecular complexity index is 1640. The van der Waals surface area contributed by atoms with Crippen LogP contribution in [0, 0.1) is 5.41 Å². The van der Waals surface area contributed by atoms with Gasteiger partial charge in [-0.3, -0.25) is 14.4 Å². The van der Waals surface area contributed by atoms with Crippen LogP contribution in [-0.2, 0) is 13.0 Å². The molecule has 0 radical (unpaired) electrons. The number of rotatable bonds is 7. The number of aliphatic hydroxyl groups is 1. The summed E-state index contributed by atoms with van der Waals surface area (Å²) < 4.78 is 6.79. The van der Waals surface area contributed by atoms with E-state index in [9.17, 15) is 9.90 Å². The van der Waals surface area contributed by atoms with Gasteiger partial charge in [0, 0.05) is 24.0 Å². The van der Waals surface area contributed by atoms with Gasteiger partial charge >= 0.3 is 0 Å². The number of methoxy groups -OCH3 is 1. The summed E-state index contributed by atoms with van der Waals surface area (Å²) in [5, 5.41) is 11.3. The molecule has 1 fully saturated rings. The normalized spacial score (nSPS) is 18.9. The summed E-state index contributed by atoms with van der Waals surface area (Å²) >= 11 is 7.99. The molecule has 42 heavy (non-hydrogen) atoms. The molecule has 1 aliphatic carbocycles. The van der Waals surface area contributed by atoms with Crippen molar-refractivity contribution in [3.8, 4) is 5.75 Å². The van der Waals surface area contributed by atoms with E-state index in [-0.39, 0.29) is 28.6 Å². The second-order valence-corrected chi connectivity index (χ2v) is 13.2. The van der Waals surface area contributed by atoms with E-state index in [2.05, 4.69) is 33.7 Å². The first-order valence-electron chi connectivity index (χ1n) is 13.9. The number of hydrogen-bond donors (Lipinski definition) is 2. The smallest absolute Gasteiger partial charge is 0.262 e. The lowest BCUT2D eigenvalue weighted by Crippen LogP contribution is -2.45. The molecule has 0 saturated carbocycles. The fraction of sp³-hybridized carbons (Fsp3) is 0.419. The molecule has 222 valence electrons. The molecule has 2 aromatic carbocycles. The van der Waals surface area contributed by atoms with Crippen LogP contribution in [0.3, 0.4) is 0 Å². The van der Waals surface area contributed by atoms with Crippen molar-refractivity contribution in [2.24, 2.45) is 21.1 Å². The Morgan fingerprint density at radius 3 is 2.74 bits per heavy atom. The van der Waals surface area contributed by atoms with Gasteiger partial charge in [0.2, 0.25) is 0 Å². The number of piperidine rings is 1. The van der Waals surface area contributed by atoms with E-state index < -0.39 is 5.60 Å². The van der Waals surface area contributed by atoms with Crippen LogP contribution >= 0.6 is 23.4 Å². The van der Waals surface area contributed by atoms with E-state index in [4.69, 9.17) is 27.1 Å². The molecule has 0 bridgehead atoms. The summed E-state index contributed by atoms with van der Waals surface area (Å²) in [6, 6.07) is 9.81. The average molecular weight is 609 g/mol. The second kappa shape index (κ2) is 11.8. The maximum Gasteiger partial charge on any atom is 0.262 e. The molecule has 3 N–H and O–H groups in total. The molecule has 2 aliphatic rings. The lowest BCUT2D eigenvalue weighted by molar-refractivity contribution is 0.0603. The SMILES string of the molecule is C=N/C(=C\N=C(C)N1CCC2(CC1)Cc1ccc(OC)cc1[C@H]2N)Sc1ccc2ncn(CC(C)(C)O)c(=O)c2c1Cl. The summed E-state index contributed by atoms with van der Waals surface area (Å²) in [5.74, 6) is 1.74. The topological polar surface area (TPSA) is 118 Å². The number of nitrogens with zero attached hydrogens (tertiary/aromatic N) is 5. The predicted octanol–water partition coefficient (Wildman–Crippen LogP) is 5.18. The van der Waals surface area contributed by atoms with Crippen molar-refractivity contribution >= 4 is 46.8 Å². The minimum atomic E-state index is -1.08. The largest absolute Gasteiger partial charge is 0.497 e. The van der Waals surface area contributed by atoms with Crippen molar-refractivity contribution in [3.63, 3.8) is 0 Å². The van der Waals surface area contributed by atoms with E-state index in [0.29, 0.717) is 20.8 Å². The standard InChI is InChI=1S/C31H37ClN6O3S/c1-19(37-12-10-31(11-13-37)15-20-6-7-21(41-5)14-22(20)28(31)33)35-16-25(34-4)42-24-9-8-23-26(27(24)32)29(39)38(18-36-23)17-30(2,3)40/h6-9,14,16,18,28,40H,4,10-13,15,17,33H2,1-3,5H3/b25-16+,35-19?/t28-/m1/s1. The third-order valence-electron chi connectivity index (χ3n) is 8.29. The Morgan fingerprint density at radius 2 is 2.07 bits per heavy atom. The molecule has 0 amide bonds. The number of aliphatic imine (C=N–C) groups is 2. The molecule has 9 nitrogen and oxygen atoms in total. The van der Waals surface area contributed by atoms with Gasteiger partial charge in [-0.2, -0.15) is 0 Å². The fourth-order valence-corrected chi connectivity index (χ4v) is 7.05. The van der Waals surface area contributed by atoms with Gasteiger partial charge < -0.3 is 20.5 Å². The van der Waals surface area contributed by atoms with E-state index in [1.165, 1.54) is 33.8 Å². The molecule has 11 heteroatoms. The molecule has 1 saturated heterocycles. The number of hydrogen-bond acceptors (Lipinski definition) is 8. The van der Waals surface area contributed by atoms with Crippen molar-refractivity contribution in [2.45, 2.75) is 63.1 Å². The zero-order valence-electron chi connectivity index (χ0n) is 24.4. The number of likely N-dealkylation sites (tertiary alicyclic amines) is 1. The molecular weight excluding hydrogens is 572 g/mol. The van der Waals surface area contributed by atoms with Crippen molar-refractivity contribution in [1.82, 2.24) is 14.5 Å². The Balaban J connectivity index is 1.29. The first-order valence-corrected chi connectivity index (χ1v) is 15.1. The highest BCUT2D eigenvalue weighted by atomic mass is 35.5.